The van der Waals surface area contributed by atoms with E-state index in [1.54, 1.807) is 27.3 Å². The molecule has 0 aliphatic rings. The highest BCUT2D eigenvalue weighted by Crippen LogP contribution is 2.34. The van der Waals surface area contributed by atoms with Crippen molar-refractivity contribution in [3.05, 3.63) is 82.8 Å². The Hall–Kier alpha value is -3.54. The molecule has 0 fully saturated rings. The summed E-state index contributed by atoms with van der Waals surface area (Å²) >= 11 is 0. The number of nitrogen functional groups attached to an aromatic ring is 1. The molecule has 0 saturated carbocycles. The van der Waals surface area contributed by atoms with Crippen molar-refractivity contribution in [3.8, 4) is 22.6 Å². The maximum absolute atomic E-state index is 12.1. The van der Waals surface area contributed by atoms with Crippen LogP contribution in [0.1, 0.15) is 23.6 Å². The van der Waals surface area contributed by atoms with Gasteiger partial charge in [-0.15, -0.1) is 6.58 Å². The highest BCUT2D eigenvalue weighted by atomic mass is 16.5. The highest BCUT2D eigenvalue weighted by Gasteiger charge is 2.15. The van der Waals surface area contributed by atoms with E-state index in [-0.39, 0.29) is 17.4 Å². The van der Waals surface area contributed by atoms with Crippen molar-refractivity contribution in [2.45, 2.75) is 18.8 Å². The van der Waals surface area contributed by atoms with Gasteiger partial charge in [-0.25, -0.2) is 4.98 Å². The topological polar surface area (TPSA) is 79.4 Å². The van der Waals surface area contributed by atoms with E-state index in [0.29, 0.717) is 12.1 Å². The van der Waals surface area contributed by atoms with Gasteiger partial charge < -0.3 is 15.2 Å². The average Bonchev–Trinajstić information content (AvgIpc) is 2.76. The Balaban J connectivity index is 1.91. The van der Waals surface area contributed by atoms with Crippen LogP contribution in [0, 0.1) is 0 Å². The third-order valence-corrected chi connectivity index (χ3v) is 5.23. The first kappa shape index (κ1) is 21.2. The van der Waals surface area contributed by atoms with Gasteiger partial charge in [-0.2, -0.15) is 0 Å². The zero-order valence-electron chi connectivity index (χ0n) is 17.6. The van der Waals surface area contributed by atoms with E-state index in [9.17, 15) is 4.79 Å². The van der Waals surface area contributed by atoms with Crippen LogP contribution in [0.25, 0.3) is 11.1 Å². The van der Waals surface area contributed by atoms with Crippen molar-refractivity contribution in [3.63, 3.8) is 0 Å². The van der Waals surface area contributed by atoms with Gasteiger partial charge in [-0.05, 0) is 48.1 Å². The van der Waals surface area contributed by atoms with Crippen LogP contribution < -0.4 is 20.8 Å². The van der Waals surface area contributed by atoms with E-state index in [4.69, 9.17) is 15.2 Å². The van der Waals surface area contributed by atoms with E-state index >= 15 is 0 Å². The Morgan fingerprint density at radius 2 is 1.87 bits per heavy atom. The minimum atomic E-state index is -0.157. The summed E-state index contributed by atoms with van der Waals surface area (Å²) in [5, 5.41) is 0. The molecule has 0 saturated heterocycles. The van der Waals surface area contributed by atoms with E-state index in [0.717, 1.165) is 34.6 Å². The number of allylic oxidation sites excluding steroid dienone is 1. The Morgan fingerprint density at radius 1 is 1.13 bits per heavy atom. The molecule has 0 bridgehead atoms. The molecule has 156 valence electrons. The zero-order valence-corrected chi connectivity index (χ0v) is 17.6. The van der Waals surface area contributed by atoms with Crippen molar-refractivity contribution >= 4 is 5.95 Å². The Morgan fingerprint density at radius 3 is 2.47 bits per heavy atom. The molecule has 1 unspecified atom stereocenters. The Bertz CT molecular complexity index is 1090. The molecule has 1 atom stereocenters. The maximum atomic E-state index is 12.1. The minimum Gasteiger partial charge on any atom is -0.497 e. The van der Waals surface area contributed by atoms with Crippen LogP contribution in [0.5, 0.6) is 11.5 Å². The minimum absolute atomic E-state index is 0.141. The van der Waals surface area contributed by atoms with Crippen LogP contribution >= 0.6 is 0 Å². The molecule has 1 aromatic heterocycles. The molecule has 6 nitrogen and oxygen atoms in total. The SMILES string of the molecule is C=CCC(Cc1cc(=O)n(C)c(N)n1)c1ccc(-c2cc(OC)ccc2OC)cc1. The Labute approximate surface area is 176 Å². The second-order valence-corrected chi connectivity index (χ2v) is 7.12. The van der Waals surface area contributed by atoms with Crippen LogP contribution in [0.4, 0.5) is 5.95 Å². The lowest BCUT2D eigenvalue weighted by molar-refractivity contribution is 0.404. The number of nitrogens with zero attached hydrogens (tertiary/aromatic N) is 2. The molecule has 1 heterocycles. The summed E-state index contributed by atoms with van der Waals surface area (Å²) in [6.45, 7) is 3.88. The van der Waals surface area contributed by atoms with Gasteiger partial charge in [0.1, 0.15) is 11.5 Å². The smallest absolute Gasteiger partial charge is 0.254 e. The number of rotatable bonds is 8. The molecule has 0 radical (unpaired) electrons. The average molecular weight is 405 g/mol. The van der Waals surface area contributed by atoms with Crippen molar-refractivity contribution in [1.82, 2.24) is 9.55 Å². The number of anilines is 1. The summed E-state index contributed by atoms with van der Waals surface area (Å²) in [6, 6.07) is 15.6. The first-order valence-corrected chi connectivity index (χ1v) is 9.72. The van der Waals surface area contributed by atoms with Crippen molar-refractivity contribution < 1.29 is 9.47 Å². The number of hydrogen-bond donors (Lipinski definition) is 1. The summed E-state index contributed by atoms with van der Waals surface area (Å²) in [5.41, 5.74) is 9.51. The highest BCUT2D eigenvalue weighted by molar-refractivity contribution is 5.72. The first-order chi connectivity index (χ1) is 14.5. The van der Waals surface area contributed by atoms with Gasteiger partial charge in [0.25, 0.3) is 5.56 Å². The van der Waals surface area contributed by atoms with Gasteiger partial charge in [0, 0.05) is 18.7 Å². The number of nitrogens with two attached hydrogens (primary N) is 1. The fraction of sp³-hybridized carbons (Fsp3) is 0.250. The lowest BCUT2D eigenvalue weighted by atomic mass is 9.89. The van der Waals surface area contributed by atoms with Gasteiger partial charge in [0.15, 0.2) is 0 Å². The molecular weight excluding hydrogens is 378 g/mol. The number of benzene rings is 2. The van der Waals surface area contributed by atoms with Gasteiger partial charge in [-0.1, -0.05) is 30.3 Å². The van der Waals surface area contributed by atoms with Crippen LogP contribution in [-0.4, -0.2) is 23.8 Å². The van der Waals surface area contributed by atoms with Crippen molar-refractivity contribution in [2.24, 2.45) is 7.05 Å². The van der Waals surface area contributed by atoms with E-state index in [2.05, 4.69) is 35.8 Å². The normalized spacial score (nSPS) is 11.7. The van der Waals surface area contributed by atoms with Gasteiger partial charge in [0.2, 0.25) is 5.95 Å². The predicted molar refractivity (Wildman–Crippen MR) is 120 cm³/mol. The van der Waals surface area contributed by atoms with Crippen LogP contribution in [0.15, 0.2) is 66.0 Å². The number of ether oxygens (including phenoxy) is 2. The molecule has 0 spiro atoms. The standard InChI is InChI=1S/C24H27N3O3/c1-5-6-18(13-19-14-23(28)27(2)24(25)26-19)16-7-9-17(10-8-16)21-15-20(29-3)11-12-22(21)30-4/h5,7-12,14-15,18H,1,6,13H2,2-4H3,(H2,25,26). The maximum Gasteiger partial charge on any atom is 0.254 e. The fourth-order valence-corrected chi connectivity index (χ4v) is 3.48. The van der Waals surface area contributed by atoms with Gasteiger partial charge in [-0.3, -0.25) is 9.36 Å². The fourth-order valence-electron chi connectivity index (χ4n) is 3.48. The summed E-state index contributed by atoms with van der Waals surface area (Å²) in [6.07, 6.45) is 3.25. The van der Waals surface area contributed by atoms with Gasteiger partial charge in [0.05, 0.1) is 19.9 Å². The van der Waals surface area contributed by atoms with E-state index < -0.39 is 0 Å². The van der Waals surface area contributed by atoms with Crippen molar-refractivity contribution in [1.29, 1.82) is 0 Å². The number of hydrogen-bond acceptors (Lipinski definition) is 5. The third kappa shape index (κ3) is 4.54. The predicted octanol–water partition coefficient (Wildman–Crippen LogP) is 3.95. The second kappa shape index (κ2) is 9.31. The first-order valence-electron chi connectivity index (χ1n) is 9.72. The van der Waals surface area contributed by atoms with Gasteiger partial charge >= 0.3 is 0 Å². The quantitative estimate of drug-likeness (QED) is 0.574. The molecule has 2 N–H and O–H groups in total. The molecule has 0 amide bonds. The van der Waals surface area contributed by atoms with Crippen molar-refractivity contribution in [2.75, 3.05) is 20.0 Å². The third-order valence-electron chi connectivity index (χ3n) is 5.23. The largest absolute Gasteiger partial charge is 0.497 e. The second-order valence-electron chi connectivity index (χ2n) is 7.12. The molecule has 3 rings (SSSR count). The van der Waals surface area contributed by atoms with E-state index in [1.807, 2.05) is 24.3 Å². The summed E-state index contributed by atoms with van der Waals surface area (Å²) in [7, 11) is 4.91. The lowest BCUT2D eigenvalue weighted by Crippen LogP contribution is -2.22. The molecule has 0 aliphatic carbocycles. The molecular formula is C24H27N3O3. The summed E-state index contributed by atoms with van der Waals surface area (Å²) < 4.78 is 12.2. The summed E-state index contributed by atoms with van der Waals surface area (Å²) in [5.74, 6) is 1.91. The zero-order chi connectivity index (χ0) is 21.7. The molecule has 2 aromatic carbocycles. The molecule has 6 heteroatoms. The van der Waals surface area contributed by atoms with Crippen LogP contribution in [0.3, 0.4) is 0 Å². The molecule has 0 aliphatic heterocycles. The summed E-state index contributed by atoms with van der Waals surface area (Å²) in [4.78, 5) is 16.4. The molecule has 3 aromatic rings. The Kier molecular flexibility index (Phi) is 6.57. The molecule has 30 heavy (non-hydrogen) atoms. The monoisotopic (exact) mass is 405 g/mol. The van der Waals surface area contributed by atoms with Crippen LogP contribution in [0.2, 0.25) is 0 Å². The lowest BCUT2D eigenvalue weighted by Gasteiger charge is -2.17. The number of aromatic nitrogens is 2. The number of methoxy groups -OCH3 is 2. The van der Waals surface area contributed by atoms with Crippen LogP contribution in [-0.2, 0) is 13.5 Å². The van der Waals surface area contributed by atoms with E-state index in [1.165, 1.54) is 4.57 Å².